The van der Waals surface area contributed by atoms with E-state index in [9.17, 15) is 0 Å². The number of nitrogens with one attached hydrogen (secondary N) is 1. The molecular weight excluding hydrogens is 272 g/mol. The predicted octanol–water partition coefficient (Wildman–Crippen LogP) is 2.64. The first-order chi connectivity index (χ1) is 9.76. The lowest BCUT2D eigenvalue weighted by Crippen LogP contribution is -2.40. The lowest BCUT2D eigenvalue weighted by molar-refractivity contribution is 0.0439. The quantitative estimate of drug-likeness (QED) is 0.643. The maximum Gasteiger partial charge on any atom is 0.191 e. The number of nitrogens with zero attached hydrogens (tertiary/aromatic N) is 3. The Morgan fingerprint density at radius 2 is 2.35 bits per heavy atom. The molecule has 20 heavy (non-hydrogen) atoms. The van der Waals surface area contributed by atoms with Crippen molar-refractivity contribution >= 4 is 23.4 Å². The van der Waals surface area contributed by atoms with Gasteiger partial charge in [-0.25, -0.2) is 9.97 Å². The number of piperidine rings is 1. The number of hydrogen-bond acceptors (Lipinski definition) is 6. The highest BCUT2D eigenvalue weighted by atomic mass is 32.2. The van der Waals surface area contributed by atoms with Crippen LogP contribution in [0.4, 0.5) is 11.6 Å². The van der Waals surface area contributed by atoms with Crippen LogP contribution in [0.15, 0.2) is 11.2 Å². The predicted molar refractivity (Wildman–Crippen MR) is 84.8 cm³/mol. The fourth-order valence-corrected chi connectivity index (χ4v) is 2.74. The lowest BCUT2D eigenvalue weighted by Gasteiger charge is -2.33. The van der Waals surface area contributed by atoms with E-state index < -0.39 is 0 Å². The number of thioether (sulfide) groups is 1. The fourth-order valence-electron chi connectivity index (χ4n) is 2.36. The van der Waals surface area contributed by atoms with Crippen LogP contribution in [-0.4, -0.2) is 49.1 Å². The van der Waals surface area contributed by atoms with E-state index in [0.717, 1.165) is 55.8 Å². The molecule has 0 aromatic carbocycles. The molecule has 2 heterocycles. The molecule has 0 saturated carbocycles. The number of hydrogen-bond donors (Lipinski definition) is 1. The third-order valence-electron chi connectivity index (χ3n) is 3.39. The van der Waals surface area contributed by atoms with E-state index in [1.165, 1.54) is 0 Å². The van der Waals surface area contributed by atoms with Crippen molar-refractivity contribution in [1.82, 2.24) is 9.97 Å². The largest absolute Gasteiger partial charge is 0.376 e. The molecule has 1 aromatic heterocycles. The topological polar surface area (TPSA) is 50.3 Å². The summed E-state index contributed by atoms with van der Waals surface area (Å²) in [6.45, 7) is 4.96. The average molecular weight is 296 g/mol. The van der Waals surface area contributed by atoms with Gasteiger partial charge < -0.3 is 15.0 Å². The van der Waals surface area contributed by atoms with Crippen molar-refractivity contribution in [2.24, 2.45) is 0 Å². The first-order valence-corrected chi connectivity index (χ1v) is 8.46. The van der Waals surface area contributed by atoms with Crippen LogP contribution in [0.1, 0.15) is 26.2 Å². The summed E-state index contributed by atoms with van der Waals surface area (Å²) in [7, 11) is 1.89. The Morgan fingerprint density at radius 1 is 1.50 bits per heavy atom. The summed E-state index contributed by atoms with van der Waals surface area (Å²) in [5.41, 5.74) is 0. The van der Waals surface area contributed by atoms with Gasteiger partial charge in [-0.05, 0) is 25.5 Å². The summed E-state index contributed by atoms with van der Waals surface area (Å²) in [6.07, 6.45) is 5.71. The molecule has 112 valence electrons. The van der Waals surface area contributed by atoms with Gasteiger partial charge in [-0.1, -0.05) is 18.7 Å². The third kappa shape index (κ3) is 3.99. The molecule has 0 radical (unpaired) electrons. The second-order valence-corrected chi connectivity index (χ2v) is 5.70. The first-order valence-electron chi connectivity index (χ1n) is 7.24. The SMILES string of the molecule is CCCOC1CCCN(c2cc(NC)nc(SC)n2)C1. The van der Waals surface area contributed by atoms with Gasteiger partial charge in [0.1, 0.15) is 11.6 Å². The average Bonchev–Trinajstić information content (AvgIpc) is 2.52. The molecule has 0 amide bonds. The highest BCUT2D eigenvalue weighted by molar-refractivity contribution is 7.98. The van der Waals surface area contributed by atoms with Crippen molar-refractivity contribution in [3.8, 4) is 0 Å². The maximum absolute atomic E-state index is 5.89. The molecule has 1 atom stereocenters. The molecule has 0 aliphatic carbocycles. The zero-order valence-corrected chi connectivity index (χ0v) is 13.4. The zero-order valence-electron chi connectivity index (χ0n) is 12.6. The van der Waals surface area contributed by atoms with Gasteiger partial charge in [-0.2, -0.15) is 0 Å². The number of rotatable bonds is 6. The molecule has 1 fully saturated rings. The molecule has 1 N–H and O–H groups in total. The Balaban J connectivity index is 2.09. The highest BCUT2D eigenvalue weighted by Gasteiger charge is 2.22. The van der Waals surface area contributed by atoms with Crippen molar-refractivity contribution in [1.29, 1.82) is 0 Å². The third-order valence-corrected chi connectivity index (χ3v) is 3.94. The van der Waals surface area contributed by atoms with Crippen LogP contribution in [0.25, 0.3) is 0 Å². The van der Waals surface area contributed by atoms with Gasteiger partial charge in [0.05, 0.1) is 6.10 Å². The number of anilines is 2. The van der Waals surface area contributed by atoms with Gasteiger partial charge in [-0.3, -0.25) is 0 Å². The van der Waals surface area contributed by atoms with Crippen molar-refractivity contribution in [2.75, 3.05) is 43.2 Å². The molecule has 1 unspecified atom stereocenters. The van der Waals surface area contributed by atoms with E-state index in [-0.39, 0.29) is 0 Å². The molecule has 2 rings (SSSR count). The van der Waals surface area contributed by atoms with E-state index in [1.54, 1.807) is 11.8 Å². The van der Waals surface area contributed by atoms with Crippen LogP contribution in [0.2, 0.25) is 0 Å². The molecule has 0 bridgehead atoms. The van der Waals surface area contributed by atoms with Crippen LogP contribution in [0, 0.1) is 0 Å². The second-order valence-electron chi connectivity index (χ2n) is 4.93. The standard InChI is InChI=1S/C14H24N4OS/c1-4-8-19-11-6-5-7-18(10-11)13-9-12(15-2)16-14(17-13)20-3/h9,11H,4-8,10H2,1-3H3,(H,15,16,17). The van der Waals surface area contributed by atoms with Crippen LogP contribution in [0.5, 0.6) is 0 Å². The summed E-state index contributed by atoms with van der Waals surface area (Å²) in [5.74, 6) is 1.87. The van der Waals surface area contributed by atoms with E-state index >= 15 is 0 Å². The summed E-state index contributed by atoms with van der Waals surface area (Å²) < 4.78 is 5.89. The molecule has 1 aliphatic heterocycles. The maximum atomic E-state index is 5.89. The normalized spacial score (nSPS) is 19.1. The van der Waals surface area contributed by atoms with Crippen molar-refractivity contribution in [3.63, 3.8) is 0 Å². The molecule has 1 aliphatic rings. The van der Waals surface area contributed by atoms with Crippen LogP contribution in [0.3, 0.4) is 0 Å². The first kappa shape index (κ1) is 15.4. The number of ether oxygens (including phenoxy) is 1. The Hall–Kier alpha value is -1.01. The van der Waals surface area contributed by atoms with Crippen LogP contribution in [-0.2, 0) is 4.74 Å². The van der Waals surface area contributed by atoms with Gasteiger partial charge in [-0.15, -0.1) is 0 Å². The van der Waals surface area contributed by atoms with Gasteiger partial charge >= 0.3 is 0 Å². The Labute approximate surface area is 125 Å². The number of aromatic nitrogens is 2. The van der Waals surface area contributed by atoms with E-state index in [0.29, 0.717) is 6.10 Å². The van der Waals surface area contributed by atoms with Crippen molar-refractivity contribution in [2.45, 2.75) is 37.4 Å². The molecule has 0 spiro atoms. The smallest absolute Gasteiger partial charge is 0.191 e. The van der Waals surface area contributed by atoms with E-state index in [4.69, 9.17) is 4.74 Å². The Bertz CT molecular complexity index is 407. The molecule has 1 saturated heterocycles. The minimum Gasteiger partial charge on any atom is -0.376 e. The zero-order chi connectivity index (χ0) is 14.4. The fraction of sp³-hybridized carbons (Fsp3) is 0.714. The van der Waals surface area contributed by atoms with Gasteiger partial charge in [0, 0.05) is 32.8 Å². The lowest BCUT2D eigenvalue weighted by atomic mass is 10.1. The van der Waals surface area contributed by atoms with Gasteiger partial charge in [0.25, 0.3) is 0 Å². The molecular formula is C14H24N4OS. The minimum atomic E-state index is 0.328. The van der Waals surface area contributed by atoms with Gasteiger partial charge in [0.15, 0.2) is 5.16 Å². The van der Waals surface area contributed by atoms with Crippen molar-refractivity contribution < 1.29 is 4.74 Å². The van der Waals surface area contributed by atoms with Gasteiger partial charge in [0.2, 0.25) is 0 Å². The summed E-state index contributed by atoms with van der Waals surface area (Å²) >= 11 is 1.57. The molecule has 1 aromatic rings. The van der Waals surface area contributed by atoms with Crippen LogP contribution >= 0.6 is 11.8 Å². The summed E-state index contributed by atoms with van der Waals surface area (Å²) in [4.78, 5) is 11.3. The Morgan fingerprint density at radius 3 is 3.05 bits per heavy atom. The van der Waals surface area contributed by atoms with E-state index in [1.807, 2.05) is 19.4 Å². The minimum absolute atomic E-state index is 0.328. The van der Waals surface area contributed by atoms with Crippen molar-refractivity contribution in [3.05, 3.63) is 6.07 Å². The molecule has 5 nitrogen and oxygen atoms in total. The second kappa shape index (κ2) is 7.69. The Kier molecular flexibility index (Phi) is 5.91. The summed E-state index contributed by atoms with van der Waals surface area (Å²) in [5, 5.41) is 3.91. The van der Waals surface area contributed by atoms with E-state index in [2.05, 4.69) is 27.1 Å². The molecule has 6 heteroatoms. The monoisotopic (exact) mass is 296 g/mol. The van der Waals surface area contributed by atoms with Crippen LogP contribution < -0.4 is 10.2 Å². The summed E-state index contributed by atoms with van der Waals surface area (Å²) in [6, 6.07) is 2.02. The highest BCUT2D eigenvalue weighted by Crippen LogP contribution is 2.24.